The Morgan fingerprint density at radius 1 is 1.29 bits per heavy atom. The van der Waals surface area contributed by atoms with Gasteiger partial charge in [0.1, 0.15) is 5.75 Å². The summed E-state index contributed by atoms with van der Waals surface area (Å²) in [7, 11) is -5.01. The van der Waals surface area contributed by atoms with Crippen molar-refractivity contribution in [2.24, 2.45) is 5.92 Å². The summed E-state index contributed by atoms with van der Waals surface area (Å²) in [5.41, 5.74) is 0.479. The fraction of sp³-hybridized carbons (Fsp3) is 0.300. The number of hydrogen-bond acceptors (Lipinski definition) is 4. The highest BCUT2D eigenvalue weighted by Crippen LogP contribution is 2.18. The molecule has 0 aliphatic carbocycles. The van der Waals surface area contributed by atoms with Gasteiger partial charge in [-0.15, -0.1) is 0 Å². The van der Waals surface area contributed by atoms with Crippen LogP contribution in [0.3, 0.4) is 0 Å². The Kier molecular flexibility index (Phi) is 4.06. The predicted octanol–water partition coefficient (Wildman–Crippen LogP) is 1.87. The summed E-state index contributed by atoms with van der Waals surface area (Å²) in [4.78, 5) is 11.3. The first kappa shape index (κ1) is 13.4. The zero-order valence-electron chi connectivity index (χ0n) is 9.31. The molecule has 0 aliphatic heterocycles. The van der Waals surface area contributed by atoms with Crippen molar-refractivity contribution in [3.63, 3.8) is 0 Å². The van der Waals surface area contributed by atoms with Gasteiger partial charge in [-0.05, 0) is 24.3 Å². The van der Waals surface area contributed by atoms with E-state index in [1.807, 2.05) is 0 Å². The number of halogens is 1. The molecule has 0 bridgehead atoms. The van der Waals surface area contributed by atoms with Crippen LogP contribution >= 0.6 is 0 Å². The number of hydrogen-bond donors (Lipinski definition) is 1. The van der Waals surface area contributed by atoms with Crippen LogP contribution in [0, 0.1) is 5.92 Å². The van der Waals surface area contributed by atoms with E-state index in [0.29, 0.717) is 5.69 Å². The smallest absolute Gasteiger partial charge is 0.358 e. The normalized spacial score (nSPS) is 11.3. The third kappa shape index (κ3) is 4.81. The van der Waals surface area contributed by atoms with Gasteiger partial charge in [0.2, 0.25) is 5.91 Å². The Labute approximate surface area is 99.0 Å². The molecule has 0 saturated carbocycles. The van der Waals surface area contributed by atoms with Gasteiger partial charge >= 0.3 is 10.5 Å². The van der Waals surface area contributed by atoms with E-state index in [-0.39, 0.29) is 17.6 Å². The van der Waals surface area contributed by atoms with E-state index in [9.17, 15) is 17.1 Å². The summed E-state index contributed by atoms with van der Waals surface area (Å²) in [5, 5.41) is 2.59. The van der Waals surface area contributed by atoms with Gasteiger partial charge in [-0.25, -0.2) is 0 Å². The molecule has 1 aromatic rings. The molecule has 0 aromatic heterocycles. The number of rotatable bonds is 4. The maximum Gasteiger partial charge on any atom is 0.488 e. The Morgan fingerprint density at radius 2 is 1.82 bits per heavy atom. The van der Waals surface area contributed by atoms with Crippen molar-refractivity contribution in [3.8, 4) is 5.75 Å². The first-order valence-corrected chi connectivity index (χ1v) is 6.14. The van der Waals surface area contributed by atoms with E-state index in [1.54, 1.807) is 13.8 Å². The fourth-order valence-corrected chi connectivity index (χ4v) is 1.34. The van der Waals surface area contributed by atoms with Crippen molar-refractivity contribution >= 4 is 22.1 Å². The highest BCUT2D eigenvalue weighted by Gasteiger charge is 2.10. The van der Waals surface area contributed by atoms with Gasteiger partial charge < -0.3 is 9.50 Å². The third-order valence-corrected chi connectivity index (χ3v) is 2.23. The van der Waals surface area contributed by atoms with E-state index >= 15 is 0 Å². The molecule has 1 aromatic carbocycles. The second-order valence-electron chi connectivity index (χ2n) is 3.64. The summed E-state index contributed by atoms with van der Waals surface area (Å²) < 4.78 is 36.6. The molecule has 0 atom stereocenters. The lowest BCUT2D eigenvalue weighted by atomic mass is 10.2. The Balaban J connectivity index is 2.72. The van der Waals surface area contributed by atoms with Gasteiger partial charge in [0.15, 0.2) is 0 Å². The molecule has 0 unspecified atom stereocenters. The number of anilines is 1. The Hall–Kier alpha value is -1.63. The highest BCUT2D eigenvalue weighted by atomic mass is 32.3. The first-order chi connectivity index (χ1) is 7.78. The number of amides is 1. The number of benzene rings is 1. The summed E-state index contributed by atoms with van der Waals surface area (Å²) in [6, 6.07) is 5.32. The zero-order valence-corrected chi connectivity index (χ0v) is 10.1. The molecular formula is C10H12FNO4S. The molecule has 17 heavy (non-hydrogen) atoms. The van der Waals surface area contributed by atoms with E-state index in [0.717, 1.165) is 0 Å². The van der Waals surface area contributed by atoms with Crippen molar-refractivity contribution in [3.05, 3.63) is 24.3 Å². The summed E-state index contributed by atoms with van der Waals surface area (Å²) in [6.45, 7) is 3.48. The second kappa shape index (κ2) is 5.13. The Bertz CT molecular complexity index is 496. The molecule has 94 valence electrons. The van der Waals surface area contributed by atoms with E-state index in [1.165, 1.54) is 24.3 Å². The monoisotopic (exact) mass is 261 g/mol. The lowest BCUT2D eigenvalue weighted by molar-refractivity contribution is -0.118. The molecule has 1 N–H and O–H groups in total. The molecule has 0 radical (unpaired) electrons. The van der Waals surface area contributed by atoms with Gasteiger partial charge in [-0.1, -0.05) is 17.7 Å². The first-order valence-electron chi connectivity index (χ1n) is 4.83. The second-order valence-corrected chi connectivity index (χ2v) is 4.60. The number of carbonyl (C=O) groups excluding carboxylic acids is 1. The summed E-state index contributed by atoms with van der Waals surface area (Å²) >= 11 is 0. The van der Waals surface area contributed by atoms with Gasteiger partial charge in [0, 0.05) is 11.6 Å². The van der Waals surface area contributed by atoms with Crippen LogP contribution in [-0.2, 0) is 15.3 Å². The molecule has 0 saturated heterocycles. The molecule has 5 nitrogen and oxygen atoms in total. The van der Waals surface area contributed by atoms with Gasteiger partial charge in [0.25, 0.3) is 0 Å². The summed E-state index contributed by atoms with van der Waals surface area (Å²) in [5.74, 6) is -0.496. The standard InChI is InChI=1S/C10H12FNO4S/c1-7(2)10(13)12-8-3-5-9(6-4-8)16-17(11,14)15/h3-7H,1-2H3,(H,12,13). The van der Waals surface area contributed by atoms with E-state index in [2.05, 4.69) is 9.50 Å². The largest absolute Gasteiger partial charge is 0.488 e. The molecule has 0 heterocycles. The quantitative estimate of drug-likeness (QED) is 0.840. The fourth-order valence-electron chi connectivity index (χ4n) is 0.995. The van der Waals surface area contributed by atoms with Gasteiger partial charge in [-0.3, -0.25) is 4.79 Å². The minimum atomic E-state index is -5.01. The van der Waals surface area contributed by atoms with Crippen molar-refractivity contribution in [2.45, 2.75) is 13.8 Å². The number of nitrogens with one attached hydrogen (secondary N) is 1. The van der Waals surface area contributed by atoms with E-state index in [4.69, 9.17) is 0 Å². The minimum Gasteiger partial charge on any atom is -0.358 e. The minimum absolute atomic E-state index is 0.157. The predicted molar refractivity (Wildman–Crippen MR) is 60.6 cm³/mol. The van der Waals surface area contributed by atoms with Crippen LogP contribution in [0.25, 0.3) is 0 Å². The van der Waals surface area contributed by atoms with Gasteiger partial charge in [0.05, 0.1) is 0 Å². The molecule has 1 amide bonds. The molecule has 7 heteroatoms. The van der Waals surface area contributed by atoms with Crippen molar-refractivity contribution in [1.82, 2.24) is 0 Å². The van der Waals surface area contributed by atoms with Gasteiger partial charge in [-0.2, -0.15) is 8.42 Å². The molecular weight excluding hydrogens is 249 g/mol. The summed E-state index contributed by atoms with van der Waals surface area (Å²) in [6.07, 6.45) is 0. The van der Waals surface area contributed by atoms with Crippen LogP contribution in [-0.4, -0.2) is 14.3 Å². The Morgan fingerprint density at radius 3 is 2.24 bits per heavy atom. The zero-order chi connectivity index (χ0) is 13.1. The number of carbonyl (C=O) groups is 1. The third-order valence-electron chi connectivity index (χ3n) is 1.84. The van der Waals surface area contributed by atoms with Crippen molar-refractivity contribution < 1.29 is 21.3 Å². The SMILES string of the molecule is CC(C)C(=O)Nc1ccc(OS(=O)(=O)F)cc1. The molecule has 0 spiro atoms. The van der Waals surface area contributed by atoms with Crippen LogP contribution in [0.1, 0.15) is 13.8 Å². The average Bonchev–Trinajstić information content (AvgIpc) is 2.18. The van der Waals surface area contributed by atoms with Crippen LogP contribution in [0.2, 0.25) is 0 Å². The molecule has 0 aliphatic rings. The molecule has 0 fully saturated rings. The lowest BCUT2D eigenvalue weighted by Gasteiger charge is -2.07. The average molecular weight is 261 g/mol. The maximum absolute atomic E-state index is 12.2. The van der Waals surface area contributed by atoms with Crippen LogP contribution in [0.4, 0.5) is 9.57 Å². The highest BCUT2D eigenvalue weighted by molar-refractivity contribution is 7.81. The van der Waals surface area contributed by atoms with Crippen LogP contribution in [0.5, 0.6) is 5.75 Å². The van der Waals surface area contributed by atoms with E-state index < -0.39 is 10.5 Å². The van der Waals surface area contributed by atoms with Crippen LogP contribution in [0.15, 0.2) is 24.3 Å². The lowest BCUT2D eigenvalue weighted by Crippen LogP contribution is -2.17. The van der Waals surface area contributed by atoms with Crippen molar-refractivity contribution in [2.75, 3.05) is 5.32 Å². The topological polar surface area (TPSA) is 72.5 Å². The maximum atomic E-state index is 12.2. The van der Waals surface area contributed by atoms with Crippen molar-refractivity contribution in [1.29, 1.82) is 0 Å². The van der Waals surface area contributed by atoms with Crippen LogP contribution < -0.4 is 9.50 Å². The molecule has 1 rings (SSSR count).